The molecule has 0 fully saturated rings. The van der Waals surface area contributed by atoms with Gasteiger partial charge in [0.2, 0.25) is 0 Å². The van der Waals surface area contributed by atoms with E-state index in [1.165, 1.54) is 44.2 Å². The summed E-state index contributed by atoms with van der Waals surface area (Å²) in [4.78, 5) is 2.60. The van der Waals surface area contributed by atoms with Gasteiger partial charge in [-0.3, -0.25) is 0 Å². The molecule has 0 spiro atoms. The summed E-state index contributed by atoms with van der Waals surface area (Å²) in [6.07, 6.45) is 10.4. The van der Waals surface area contributed by atoms with E-state index in [1.807, 2.05) is 6.92 Å². The zero-order valence-electron chi connectivity index (χ0n) is 19.2. The Morgan fingerprint density at radius 1 is 0.828 bits per heavy atom. The molecule has 1 unspecified atom stereocenters. The lowest BCUT2D eigenvalue weighted by molar-refractivity contribution is 0.101. The number of rotatable bonds is 19. The largest absolute Gasteiger partial charge is 0.491 e. The van der Waals surface area contributed by atoms with Crippen LogP contribution < -0.4 is 4.74 Å². The van der Waals surface area contributed by atoms with Crippen LogP contribution in [0.2, 0.25) is 0 Å². The van der Waals surface area contributed by atoms with Gasteiger partial charge in [-0.2, -0.15) is 0 Å². The number of ether oxygens (including phenoxy) is 2. The zero-order chi connectivity index (χ0) is 21.2. The van der Waals surface area contributed by atoms with Crippen LogP contribution in [0.25, 0.3) is 0 Å². The number of hydrogen-bond donors (Lipinski definition) is 1. The second kappa shape index (κ2) is 17.7. The summed E-state index contributed by atoms with van der Waals surface area (Å²) in [6.45, 7) is 11.7. The third-order valence-electron chi connectivity index (χ3n) is 5.16. The number of aliphatic hydroxyl groups excluding tert-OH is 1. The van der Waals surface area contributed by atoms with E-state index in [4.69, 9.17) is 9.47 Å². The van der Waals surface area contributed by atoms with Gasteiger partial charge < -0.3 is 19.5 Å². The van der Waals surface area contributed by atoms with Crippen molar-refractivity contribution >= 4 is 0 Å². The molecule has 0 saturated carbocycles. The van der Waals surface area contributed by atoms with Gasteiger partial charge in [0.05, 0.1) is 12.7 Å². The first-order valence-electron chi connectivity index (χ1n) is 11.9. The number of benzene rings is 1. The molecule has 168 valence electrons. The second-order valence-corrected chi connectivity index (χ2v) is 8.10. The summed E-state index contributed by atoms with van der Waals surface area (Å²) in [7, 11) is 0. The third kappa shape index (κ3) is 14.5. The monoisotopic (exact) mass is 407 g/mol. The van der Waals surface area contributed by atoms with Crippen LogP contribution in [0.5, 0.6) is 5.75 Å². The summed E-state index contributed by atoms with van der Waals surface area (Å²) in [5.74, 6) is 0.920. The lowest BCUT2D eigenvalue weighted by Crippen LogP contribution is -2.28. The van der Waals surface area contributed by atoms with Gasteiger partial charge in [0.15, 0.2) is 0 Å². The van der Waals surface area contributed by atoms with Crippen LogP contribution in [0.15, 0.2) is 24.3 Å². The quantitative estimate of drug-likeness (QED) is 0.309. The summed E-state index contributed by atoms with van der Waals surface area (Å²) < 4.78 is 11.2. The Balaban J connectivity index is 2.35. The summed E-state index contributed by atoms with van der Waals surface area (Å²) in [5.41, 5.74) is 1.36. The van der Waals surface area contributed by atoms with E-state index in [2.05, 4.69) is 43.0 Å². The van der Waals surface area contributed by atoms with Crippen molar-refractivity contribution in [1.29, 1.82) is 0 Å². The lowest BCUT2D eigenvalue weighted by atomic mass is 10.1. The maximum absolute atomic E-state index is 9.45. The molecule has 0 aromatic heterocycles. The molecule has 0 aliphatic rings. The van der Waals surface area contributed by atoms with Crippen molar-refractivity contribution in [2.75, 3.05) is 39.5 Å². The van der Waals surface area contributed by atoms with Gasteiger partial charge in [0, 0.05) is 13.2 Å². The average molecular weight is 408 g/mol. The minimum Gasteiger partial charge on any atom is -0.491 e. The van der Waals surface area contributed by atoms with Crippen molar-refractivity contribution in [3.8, 4) is 5.75 Å². The van der Waals surface area contributed by atoms with E-state index in [0.29, 0.717) is 13.2 Å². The fraction of sp³-hybridized carbons (Fsp3) is 0.760. The Labute approximate surface area is 179 Å². The van der Waals surface area contributed by atoms with Crippen molar-refractivity contribution in [2.45, 2.75) is 84.7 Å². The van der Waals surface area contributed by atoms with Crippen LogP contribution in [0.3, 0.4) is 0 Å². The molecule has 0 aliphatic carbocycles. The molecule has 0 bridgehead atoms. The average Bonchev–Trinajstić information content (AvgIpc) is 2.72. The van der Waals surface area contributed by atoms with E-state index in [0.717, 1.165) is 51.1 Å². The predicted octanol–water partition coefficient (Wildman–Crippen LogP) is 5.47. The lowest BCUT2D eigenvalue weighted by Gasteiger charge is -2.22. The zero-order valence-corrected chi connectivity index (χ0v) is 19.2. The molecule has 1 rings (SSSR count). The standard InChI is InChI=1S/C25H45NO3/c1-4-6-7-9-17-26(18-10-8-11-23(3)27)19-16-24-12-14-25(15-13-24)29-22-21-28-20-5-2/h12-15,23,27H,4-11,16-22H2,1-3H3. The Morgan fingerprint density at radius 2 is 1.55 bits per heavy atom. The number of aliphatic hydroxyl groups is 1. The minimum atomic E-state index is -0.174. The van der Waals surface area contributed by atoms with E-state index >= 15 is 0 Å². The maximum Gasteiger partial charge on any atom is 0.119 e. The van der Waals surface area contributed by atoms with Gasteiger partial charge in [-0.25, -0.2) is 0 Å². The van der Waals surface area contributed by atoms with Gasteiger partial charge in [0.1, 0.15) is 12.4 Å². The van der Waals surface area contributed by atoms with Gasteiger partial charge in [-0.1, -0.05) is 45.2 Å². The Morgan fingerprint density at radius 3 is 2.21 bits per heavy atom. The van der Waals surface area contributed by atoms with Gasteiger partial charge in [-0.05, 0) is 76.2 Å². The third-order valence-corrected chi connectivity index (χ3v) is 5.16. The molecule has 1 aromatic rings. The fourth-order valence-electron chi connectivity index (χ4n) is 3.38. The number of unbranched alkanes of at least 4 members (excludes halogenated alkanes) is 4. The Kier molecular flexibility index (Phi) is 15.9. The number of hydrogen-bond acceptors (Lipinski definition) is 4. The van der Waals surface area contributed by atoms with Crippen LogP contribution in [-0.2, 0) is 11.2 Å². The van der Waals surface area contributed by atoms with Crippen molar-refractivity contribution in [1.82, 2.24) is 4.90 Å². The highest BCUT2D eigenvalue weighted by Crippen LogP contribution is 2.14. The molecule has 0 saturated heterocycles. The highest BCUT2D eigenvalue weighted by molar-refractivity contribution is 5.27. The molecule has 0 amide bonds. The highest BCUT2D eigenvalue weighted by atomic mass is 16.5. The molecule has 0 radical (unpaired) electrons. The van der Waals surface area contributed by atoms with E-state index in [-0.39, 0.29) is 6.10 Å². The molecule has 1 aromatic carbocycles. The molecular weight excluding hydrogens is 362 g/mol. The maximum atomic E-state index is 9.45. The van der Waals surface area contributed by atoms with E-state index in [1.54, 1.807) is 0 Å². The summed E-state index contributed by atoms with van der Waals surface area (Å²) >= 11 is 0. The molecule has 0 aliphatic heterocycles. The van der Waals surface area contributed by atoms with Crippen LogP contribution in [0, 0.1) is 0 Å². The normalized spacial score (nSPS) is 12.4. The minimum absolute atomic E-state index is 0.174. The van der Waals surface area contributed by atoms with Gasteiger partial charge in [-0.15, -0.1) is 0 Å². The first kappa shape index (κ1) is 25.9. The molecule has 1 N–H and O–H groups in total. The molecule has 4 heteroatoms. The molecule has 0 heterocycles. The van der Waals surface area contributed by atoms with Crippen molar-refractivity contribution in [3.05, 3.63) is 29.8 Å². The molecular formula is C25H45NO3. The Bertz CT molecular complexity index is 475. The number of nitrogens with zero attached hydrogens (tertiary/aromatic N) is 1. The molecule has 29 heavy (non-hydrogen) atoms. The van der Waals surface area contributed by atoms with Crippen LogP contribution in [-0.4, -0.2) is 55.6 Å². The highest BCUT2D eigenvalue weighted by Gasteiger charge is 2.06. The van der Waals surface area contributed by atoms with Gasteiger partial charge >= 0.3 is 0 Å². The van der Waals surface area contributed by atoms with Gasteiger partial charge in [0.25, 0.3) is 0 Å². The van der Waals surface area contributed by atoms with Crippen molar-refractivity contribution < 1.29 is 14.6 Å². The molecule has 1 atom stereocenters. The second-order valence-electron chi connectivity index (χ2n) is 8.10. The smallest absolute Gasteiger partial charge is 0.119 e. The molecule has 4 nitrogen and oxygen atoms in total. The first-order valence-corrected chi connectivity index (χ1v) is 11.9. The van der Waals surface area contributed by atoms with E-state index in [9.17, 15) is 5.11 Å². The van der Waals surface area contributed by atoms with Crippen molar-refractivity contribution in [2.24, 2.45) is 0 Å². The van der Waals surface area contributed by atoms with Crippen LogP contribution in [0.1, 0.15) is 77.7 Å². The fourth-order valence-corrected chi connectivity index (χ4v) is 3.38. The van der Waals surface area contributed by atoms with Crippen LogP contribution >= 0.6 is 0 Å². The predicted molar refractivity (Wildman–Crippen MR) is 123 cm³/mol. The van der Waals surface area contributed by atoms with Crippen molar-refractivity contribution in [3.63, 3.8) is 0 Å². The van der Waals surface area contributed by atoms with Crippen LogP contribution in [0.4, 0.5) is 0 Å². The van der Waals surface area contributed by atoms with E-state index < -0.39 is 0 Å². The summed E-state index contributed by atoms with van der Waals surface area (Å²) in [6, 6.07) is 8.52. The SMILES string of the molecule is CCCCCCN(CCCCC(C)O)CCc1ccc(OCCOCCC)cc1. The Hall–Kier alpha value is -1.10. The topological polar surface area (TPSA) is 41.9 Å². The first-order chi connectivity index (χ1) is 14.2. The summed E-state index contributed by atoms with van der Waals surface area (Å²) in [5, 5.41) is 9.45.